The summed E-state index contributed by atoms with van der Waals surface area (Å²) in [5.41, 5.74) is 1.14. The molecule has 2 aromatic rings. The minimum absolute atomic E-state index is 0.364. The third-order valence-electron chi connectivity index (χ3n) is 2.52. The van der Waals surface area contributed by atoms with Crippen molar-refractivity contribution < 1.29 is 9.53 Å². The van der Waals surface area contributed by atoms with Crippen molar-refractivity contribution >= 4 is 28.6 Å². The first-order valence-corrected chi connectivity index (χ1v) is 6.17. The Hall–Kier alpha value is -1.48. The first kappa shape index (κ1) is 13.0. The minimum atomic E-state index is -0.507. The van der Waals surface area contributed by atoms with Gasteiger partial charge in [-0.1, -0.05) is 11.6 Å². The van der Waals surface area contributed by atoms with Gasteiger partial charge in [0.2, 0.25) is 0 Å². The van der Waals surface area contributed by atoms with Gasteiger partial charge in [-0.05, 0) is 52.0 Å². The lowest BCUT2D eigenvalue weighted by Gasteiger charge is -2.20. The fourth-order valence-corrected chi connectivity index (χ4v) is 2.05. The number of benzene rings is 1. The van der Waals surface area contributed by atoms with Crippen LogP contribution in [0.1, 0.15) is 26.5 Å². The van der Waals surface area contributed by atoms with Crippen LogP contribution < -0.4 is 0 Å². The highest BCUT2D eigenvalue weighted by Gasteiger charge is 2.20. The van der Waals surface area contributed by atoms with E-state index in [-0.39, 0.29) is 6.09 Å². The zero-order valence-corrected chi connectivity index (χ0v) is 11.7. The Bertz CT molecular complexity index is 608. The molecule has 0 amide bonds. The molecular formula is C14H16ClNO2. The molecule has 0 aliphatic heterocycles. The Morgan fingerprint density at radius 1 is 1.28 bits per heavy atom. The van der Waals surface area contributed by atoms with Gasteiger partial charge >= 0.3 is 6.09 Å². The Kier molecular flexibility index (Phi) is 3.11. The Labute approximate surface area is 111 Å². The van der Waals surface area contributed by atoms with Crippen LogP contribution in [0.2, 0.25) is 5.02 Å². The summed E-state index contributed by atoms with van der Waals surface area (Å²) in [5.74, 6) is 0. The normalized spacial score (nSPS) is 11.8. The quantitative estimate of drug-likeness (QED) is 0.707. The summed E-state index contributed by atoms with van der Waals surface area (Å²) in [7, 11) is 0. The number of carbonyl (C=O) groups excluding carboxylic acids is 1. The highest BCUT2D eigenvalue weighted by molar-refractivity contribution is 6.31. The van der Waals surface area contributed by atoms with Gasteiger partial charge in [0.25, 0.3) is 0 Å². The summed E-state index contributed by atoms with van der Waals surface area (Å²) in [4.78, 5) is 12.1. The van der Waals surface area contributed by atoms with E-state index in [0.29, 0.717) is 5.02 Å². The Balaban J connectivity index is 2.51. The molecule has 1 heterocycles. The van der Waals surface area contributed by atoms with Crippen molar-refractivity contribution in [2.24, 2.45) is 0 Å². The third-order valence-corrected chi connectivity index (χ3v) is 2.76. The second kappa shape index (κ2) is 4.32. The largest absolute Gasteiger partial charge is 0.443 e. The molecule has 18 heavy (non-hydrogen) atoms. The van der Waals surface area contributed by atoms with Crippen molar-refractivity contribution in [2.45, 2.75) is 33.3 Å². The van der Waals surface area contributed by atoms with Gasteiger partial charge in [0.1, 0.15) is 5.60 Å². The zero-order chi connectivity index (χ0) is 13.5. The van der Waals surface area contributed by atoms with E-state index in [2.05, 4.69) is 0 Å². The molecule has 3 nitrogen and oxygen atoms in total. The molecule has 0 fully saturated rings. The number of rotatable bonds is 0. The van der Waals surface area contributed by atoms with Crippen LogP contribution in [0.15, 0.2) is 24.3 Å². The third kappa shape index (κ3) is 2.51. The van der Waals surface area contributed by atoms with E-state index in [4.69, 9.17) is 16.3 Å². The van der Waals surface area contributed by atoms with Gasteiger partial charge in [0.05, 0.1) is 5.52 Å². The topological polar surface area (TPSA) is 31.2 Å². The molecule has 4 heteroatoms. The summed E-state index contributed by atoms with van der Waals surface area (Å²) in [6.45, 7) is 7.42. The number of aromatic nitrogens is 1. The van der Waals surface area contributed by atoms with Crippen LogP contribution in [-0.2, 0) is 4.74 Å². The van der Waals surface area contributed by atoms with Gasteiger partial charge in [-0.2, -0.15) is 0 Å². The van der Waals surface area contributed by atoms with Crippen molar-refractivity contribution in [1.29, 1.82) is 0 Å². The standard InChI is InChI=1S/C14H16ClNO2/c1-9-7-10-8-11(15)5-6-12(10)16(9)13(17)18-14(2,3)4/h5-8H,1-4H3. The molecule has 0 saturated heterocycles. The van der Waals surface area contributed by atoms with E-state index in [0.717, 1.165) is 16.6 Å². The molecule has 1 aromatic carbocycles. The van der Waals surface area contributed by atoms with E-state index < -0.39 is 5.60 Å². The molecule has 0 bridgehead atoms. The van der Waals surface area contributed by atoms with Crippen molar-refractivity contribution in [3.8, 4) is 0 Å². The molecule has 0 spiro atoms. The lowest BCUT2D eigenvalue weighted by atomic mass is 10.2. The van der Waals surface area contributed by atoms with Gasteiger partial charge in [0, 0.05) is 16.1 Å². The number of aryl methyl sites for hydroxylation is 1. The number of hydrogen-bond acceptors (Lipinski definition) is 2. The summed E-state index contributed by atoms with van der Waals surface area (Å²) in [6, 6.07) is 7.36. The van der Waals surface area contributed by atoms with Gasteiger partial charge in [0.15, 0.2) is 0 Å². The van der Waals surface area contributed by atoms with Gasteiger partial charge < -0.3 is 4.74 Å². The first-order chi connectivity index (χ1) is 8.28. The summed E-state index contributed by atoms with van der Waals surface area (Å²) >= 11 is 5.94. The fraction of sp³-hybridized carbons (Fsp3) is 0.357. The highest BCUT2D eigenvalue weighted by Crippen LogP contribution is 2.24. The lowest BCUT2D eigenvalue weighted by molar-refractivity contribution is 0.0542. The predicted octanol–water partition coefficient (Wildman–Crippen LogP) is 4.39. The molecule has 0 unspecified atom stereocenters. The molecule has 0 aliphatic rings. The molecular weight excluding hydrogens is 250 g/mol. The van der Waals surface area contributed by atoms with Crippen molar-refractivity contribution in [3.05, 3.63) is 35.0 Å². The molecule has 2 rings (SSSR count). The van der Waals surface area contributed by atoms with Crippen LogP contribution in [-0.4, -0.2) is 16.3 Å². The van der Waals surface area contributed by atoms with Gasteiger partial charge in [-0.3, -0.25) is 0 Å². The number of ether oxygens (including phenoxy) is 1. The summed E-state index contributed by atoms with van der Waals surface area (Å²) < 4.78 is 6.96. The van der Waals surface area contributed by atoms with Gasteiger partial charge in [-0.25, -0.2) is 9.36 Å². The highest BCUT2D eigenvalue weighted by atomic mass is 35.5. The first-order valence-electron chi connectivity index (χ1n) is 5.79. The number of hydrogen-bond donors (Lipinski definition) is 0. The smallest absolute Gasteiger partial charge is 0.419 e. The maximum Gasteiger partial charge on any atom is 0.419 e. The van der Waals surface area contributed by atoms with Crippen LogP contribution in [0, 0.1) is 6.92 Å². The van der Waals surface area contributed by atoms with Crippen LogP contribution in [0.5, 0.6) is 0 Å². The van der Waals surface area contributed by atoms with Crippen molar-refractivity contribution in [2.75, 3.05) is 0 Å². The number of halogens is 1. The van der Waals surface area contributed by atoms with E-state index in [9.17, 15) is 4.79 Å². The predicted molar refractivity (Wildman–Crippen MR) is 73.3 cm³/mol. The second-order valence-electron chi connectivity index (χ2n) is 5.30. The monoisotopic (exact) mass is 265 g/mol. The van der Waals surface area contributed by atoms with Crippen LogP contribution >= 0.6 is 11.6 Å². The maximum atomic E-state index is 12.1. The number of nitrogens with zero attached hydrogens (tertiary/aromatic N) is 1. The van der Waals surface area contributed by atoms with Gasteiger partial charge in [-0.15, -0.1) is 0 Å². The molecule has 0 saturated carbocycles. The molecule has 96 valence electrons. The van der Waals surface area contributed by atoms with E-state index in [1.807, 2.05) is 45.9 Å². The zero-order valence-electron chi connectivity index (χ0n) is 11.0. The van der Waals surface area contributed by atoms with Crippen LogP contribution in [0.4, 0.5) is 4.79 Å². The average molecular weight is 266 g/mol. The van der Waals surface area contributed by atoms with Crippen LogP contribution in [0.3, 0.4) is 0 Å². The molecule has 0 N–H and O–H groups in total. The minimum Gasteiger partial charge on any atom is -0.443 e. The fourth-order valence-electron chi connectivity index (χ4n) is 1.87. The summed E-state index contributed by atoms with van der Waals surface area (Å²) in [5, 5.41) is 1.59. The van der Waals surface area contributed by atoms with E-state index >= 15 is 0 Å². The number of fused-ring (bicyclic) bond motifs is 1. The summed E-state index contributed by atoms with van der Waals surface area (Å²) in [6.07, 6.45) is -0.364. The van der Waals surface area contributed by atoms with E-state index in [1.165, 1.54) is 0 Å². The Morgan fingerprint density at radius 3 is 2.56 bits per heavy atom. The lowest BCUT2D eigenvalue weighted by Crippen LogP contribution is -2.27. The molecule has 0 radical (unpaired) electrons. The number of carbonyl (C=O) groups is 1. The molecule has 1 aromatic heterocycles. The second-order valence-corrected chi connectivity index (χ2v) is 5.74. The van der Waals surface area contributed by atoms with Crippen molar-refractivity contribution in [3.63, 3.8) is 0 Å². The van der Waals surface area contributed by atoms with Crippen LogP contribution in [0.25, 0.3) is 10.9 Å². The average Bonchev–Trinajstić information content (AvgIpc) is 2.50. The maximum absolute atomic E-state index is 12.1. The Morgan fingerprint density at radius 2 is 1.94 bits per heavy atom. The molecule has 0 atom stereocenters. The molecule has 0 aliphatic carbocycles. The van der Waals surface area contributed by atoms with Crippen molar-refractivity contribution in [1.82, 2.24) is 4.57 Å². The van der Waals surface area contributed by atoms with E-state index in [1.54, 1.807) is 10.6 Å². The SMILES string of the molecule is Cc1cc2cc(Cl)ccc2n1C(=O)OC(C)(C)C.